The van der Waals surface area contributed by atoms with Crippen LogP contribution in [0, 0.1) is 0 Å². The molecule has 0 aliphatic heterocycles. The maximum atomic E-state index is 12.5. The van der Waals surface area contributed by atoms with Crippen molar-refractivity contribution < 1.29 is 15.0 Å². The predicted molar refractivity (Wildman–Crippen MR) is 267 cm³/mol. The number of carbonyl (C=O) groups is 1. The minimum atomic E-state index is -0.838. The predicted octanol–water partition coefficient (Wildman–Crippen LogP) is 17.7. The highest BCUT2D eigenvalue weighted by Gasteiger charge is 2.18. The van der Waals surface area contributed by atoms with E-state index in [1.165, 1.54) is 244 Å². The minimum Gasteiger partial charge on any atom is -0.394 e. The second-order valence-electron chi connectivity index (χ2n) is 18.7. The molecule has 0 heterocycles. The Morgan fingerprint density at radius 3 is 1.00 bits per heavy atom. The summed E-state index contributed by atoms with van der Waals surface area (Å²) < 4.78 is 0. The molecule has 60 heavy (non-hydrogen) atoms. The smallest absolute Gasteiger partial charge is 0.220 e. The largest absolute Gasteiger partial charge is 0.394 e. The van der Waals surface area contributed by atoms with E-state index in [-0.39, 0.29) is 12.5 Å². The molecule has 0 aromatic heterocycles. The molecule has 0 rings (SSSR count). The number of rotatable bonds is 50. The monoisotopic (exact) mass is 842 g/mol. The average Bonchev–Trinajstić information content (AvgIpc) is 3.25. The van der Waals surface area contributed by atoms with E-state index in [1.807, 2.05) is 6.08 Å². The molecular formula is C56H107NO3. The third-order valence-corrected chi connectivity index (χ3v) is 12.6. The van der Waals surface area contributed by atoms with Crippen LogP contribution in [-0.2, 0) is 4.79 Å². The highest BCUT2D eigenvalue weighted by Crippen LogP contribution is 2.17. The number of hydrogen-bond donors (Lipinski definition) is 3. The minimum absolute atomic E-state index is 0.0597. The van der Waals surface area contributed by atoms with Crippen molar-refractivity contribution in [3.05, 3.63) is 36.5 Å². The molecule has 0 fully saturated rings. The number of carbonyl (C=O) groups excluding carboxylic acids is 1. The van der Waals surface area contributed by atoms with Crippen LogP contribution in [0.3, 0.4) is 0 Å². The van der Waals surface area contributed by atoms with E-state index in [9.17, 15) is 15.0 Å². The molecule has 0 spiro atoms. The van der Waals surface area contributed by atoms with Crippen LogP contribution >= 0.6 is 0 Å². The highest BCUT2D eigenvalue weighted by molar-refractivity contribution is 5.76. The summed E-state index contributed by atoms with van der Waals surface area (Å²) >= 11 is 0. The van der Waals surface area contributed by atoms with E-state index < -0.39 is 12.1 Å². The van der Waals surface area contributed by atoms with E-state index in [2.05, 4.69) is 43.5 Å². The number of aliphatic hydroxyl groups is 2. The summed E-state index contributed by atoms with van der Waals surface area (Å²) in [5, 5.41) is 23.1. The summed E-state index contributed by atoms with van der Waals surface area (Å²) in [6.07, 6.45) is 70.1. The lowest BCUT2D eigenvalue weighted by Gasteiger charge is -2.20. The van der Waals surface area contributed by atoms with Crippen molar-refractivity contribution in [2.45, 2.75) is 309 Å². The van der Waals surface area contributed by atoms with Gasteiger partial charge in [-0.2, -0.15) is 0 Å². The van der Waals surface area contributed by atoms with E-state index in [1.54, 1.807) is 6.08 Å². The summed E-state index contributed by atoms with van der Waals surface area (Å²) in [4.78, 5) is 12.5. The molecule has 354 valence electrons. The fraction of sp³-hybridized carbons (Fsp3) is 0.875. The first-order chi connectivity index (χ1) is 29.7. The lowest BCUT2D eigenvalue weighted by Crippen LogP contribution is -2.45. The summed E-state index contributed by atoms with van der Waals surface area (Å²) in [6, 6.07) is -0.621. The second kappa shape index (κ2) is 52.0. The van der Waals surface area contributed by atoms with Crippen LogP contribution in [0.25, 0.3) is 0 Å². The SMILES string of the molecule is CCCCCCC/C=C\C/C=C\CCCCCCCCCCCCCCCCCCCC(=O)NC(CO)C(O)/C=C/CCCCCCCCCCCCCCCCCCC. The highest BCUT2D eigenvalue weighted by atomic mass is 16.3. The van der Waals surface area contributed by atoms with Gasteiger partial charge in [0.15, 0.2) is 0 Å². The van der Waals surface area contributed by atoms with Crippen LogP contribution in [-0.4, -0.2) is 34.9 Å². The molecular weight excluding hydrogens is 735 g/mol. The lowest BCUT2D eigenvalue weighted by atomic mass is 10.0. The molecule has 4 heteroatoms. The fourth-order valence-electron chi connectivity index (χ4n) is 8.45. The summed E-state index contributed by atoms with van der Waals surface area (Å²) in [7, 11) is 0. The Morgan fingerprint density at radius 2 is 0.683 bits per heavy atom. The van der Waals surface area contributed by atoms with Crippen LogP contribution in [0.4, 0.5) is 0 Å². The zero-order valence-electron chi connectivity index (χ0n) is 40.7. The van der Waals surface area contributed by atoms with E-state index in [0.717, 1.165) is 32.1 Å². The van der Waals surface area contributed by atoms with Crippen LogP contribution in [0.2, 0.25) is 0 Å². The lowest BCUT2D eigenvalue weighted by molar-refractivity contribution is -0.123. The molecule has 0 saturated heterocycles. The van der Waals surface area contributed by atoms with Gasteiger partial charge in [0.25, 0.3) is 0 Å². The molecule has 0 radical (unpaired) electrons. The maximum absolute atomic E-state index is 12.5. The van der Waals surface area contributed by atoms with Gasteiger partial charge in [-0.1, -0.05) is 275 Å². The van der Waals surface area contributed by atoms with Crippen LogP contribution in [0.15, 0.2) is 36.5 Å². The molecule has 3 N–H and O–H groups in total. The third-order valence-electron chi connectivity index (χ3n) is 12.6. The van der Waals surface area contributed by atoms with E-state index in [4.69, 9.17) is 0 Å². The number of amides is 1. The molecule has 4 nitrogen and oxygen atoms in total. The molecule has 2 unspecified atom stereocenters. The number of nitrogens with one attached hydrogen (secondary N) is 1. The van der Waals surface area contributed by atoms with Crippen LogP contribution in [0.5, 0.6) is 0 Å². The average molecular weight is 842 g/mol. The number of allylic oxidation sites excluding steroid dienone is 5. The van der Waals surface area contributed by atoms with E-state index in [0.29, 0.717) is 6.42 Å². The topological polar surface area (TPSA) is 69.6 Å². The standard InChI is InChI=1S/C56H107NO3/c1-3-5-7-9-11-13-15-17-19-21-23-24-25-26-27-28-29-30-31-32-34-36-38-40-42-44-46-48-50-52-56(60)57-54(53-58)55(59)51-49-47-45-43-41-39-37-35-33-22-20-18-16-14-12-10-8-6-4-2/h15,17,21,23,49,51,54-55,58-59H,3-14,16,18-20,22,24-48,50,52-53H2,1-2H3,(H,57,60)/b17-15-,23-21-,51-49+. The molecule has 0 aromatic carbocycles. The normalized spacial score (nSPS) is 13.1. The Balaban J connectivity index is 3.47. The molecule has 0 aliphatic rings. The number of aliphatic hydroxyl groups excluding tert-OH is 2. The zero-order chi connectivity index (χ0) is 43.5. The Hall–Kier alpha value is -1.39. The first-order valence-electron chi connectivity index (χ1n) is 27.2. The zero-order valence-corrected chi connectivity index (χ0v) is 40.7. The van der Waals surface area contributed by atoms with Crippen molar-refractivity contribution in [1.82, 2.24) is 5.32 Å². The van der Waals surface area contributed by atoms with Crippen molar-refractivity contribution in [2.24, 2.45) is 0 Å². The van der Waals surface area contributed by atoms with Gasteiger partial charge in [0.05, 0.1) is 18.8 Å². The number of hydrogen-bond acceptors (Lipinski definition) is 3. The maximum Gasteiger partial charge on any atom is 0.220 e. The Labute approximate surface area is 376 Å². The summed E-state index contributed by atoms with van der Waals surface area (Å²) in [5.74, 6) is -0.0597. The van der Waals surface area contributed by atoms with Crippen molar-refractivity contribution in [1.29, 1.82) is 0 Å². The van der Waals surface area contributed by atoms with Crippen LogP contribution in [0.1, 0.15) is 296 Å². The van der Waals surface area contributed by atoms with Gasteiger partial charge in [-0.25, -0.2) is 0 Å². The third kappa shape index (κ3) is 47.7. The van der Waals surface area contributed by atoms with Crippen molar-refractivity contribution in [2.75, 3.05) is 6.61 Å². The second-order valence-corrected chi connectivity index (χ2v) is 18.7. The van der Waals surface area contributed by atoms with Gasteiger partial charge < -0.3 is 15.5 Å². The van der Waals surface area contributed by atoms with Crippen molar-refractivity contribution >= 4 is 5.91 Å². The van der Waals surface area contributed by atoms with Crippen molar-refractivity contribution in [3.63, 3.8) is 0 Å². The van der Waals surface area contributed by atoms with Gasteiger partial charge in [0.1, 0.15) is 0 Å². The molecule has 0 saturated carbocycles. The molecule has 0 aromatic rings. The van der Waals surface area contributed by atoms with Gasteiger partial charge in [-0.05, 0) is 51.4 Å². The first-order valence-corrected chi connectivity index (χ1v) is 27.2. The first kappa shape index (κ1) is 58.6. The van der Waals surface area contributed by atoms with E-state index >= 15 is 0 Å². The molecule has 0 aliphatic carbocycles. The Morgan fingerprint density at radius 1 is 0.400 bits per heavy atom. The van der Waals surface area contributed by atoms with Gasteiger partial charge in [0.2, 0.25) is 5.91 Å². The Kier molecular flexibility index (Phi) is 50.8. The summed E-state index contributed by atoms with van der Waals surface area (Å²) in [6.45, 7) is 4.33. The van der Waals surface area contributed by atoms with Gasteiger partial charge in [0, 0.05) is 6.42 Å². The van der Waals surface area contributed by atoms with Gasteiger partial charge >= 0.3 is 0 Å². The quantitative estimate of drug-likeness (QED) is 0.0422. The fourth-order valence-corrected chi connectivity index (χ4v) is 8.45. The van der Waals surface area contributed by atoms with Gasteiger partial charge in [-0.15, -0.1) is 0 Å². The number of unbranched alkanes of at least 4 members (excludes halogenated alkanes) is 39. The van der Waals surface area contributed by atoms with Gasteiger partial charge in [-0.3, -0.25) is 4.79 Å². The summed E-state index contributed by atoms with van der Waals surface area (Å²) in [5.41, 5.74) is 0. The molecule has 1 amide bonds. The Bertz CT molecular complexity index is 912. The molecule has 0 bridgehead atoms. The van der Waals surface area contributed by atoms with Crippen molar-refractivity contribution in [3.8, 4) is 0 Å². The van der Waals surface area contributed by atoms with Crippen LogP contribution < -0.4 is 5.32 Å². The molecule has 2 atom stereocenters.